The molecule has 0 spiro atoms. The topological polar surface area (TPSA) is 97.8 Å². The van der Waals surface area contributed by atoms with Crippen LogP contribution < -0.4 is 0 Å². The van der Waals surface area contributed by atoms with Crippen LogP contribution in [0.15, 0.2) is 54.6 Å². The standard InChI is InChI=1S/C18H15NO6S/c1-26(23,24)11-15(12-7-3-2-4-8-12)18(22)25-19-16(20)13-9-5-6-10-14(13)17(19)21/h2-10,15H,11H2,1H3. The molecule has 7 nitrogen and oxygen atoms in total. The van der Waals surface area contributed by atoms with Crippen LogP contribution in [0.1, 0.15) is 32.2 Å². The third-order valence-corrected chi connectivity index (χ3v) is 4.83. The second-order valence-corrected chi connectivity index (χ2v) is 8.10. The molecular formula is C18H15NO6S. The van der Waals surface area contributed by atoms with Gasteiger partial charge in [-0.2, -0.15) is 0 Å². The highest BCUT2D eigenvalue weighted by Gasteiger charge is 2.40. The van der Waals surface area contributed by atoms with Crippen LogP contribution >= 0.6 is 0 Å². The minimum atomic E-state index is -3.52. The van der Waals surface area contributed by atoms with Gasteiger partial charge in [0.1, 0.15) is 9.84 Å². The fourth-order valence-electron chi connectivity index (χ4n) is 2.69. The third kappa shape index (κ3) is 3.50. The molecule has 3 rings (SSSR count). The van der Waals surface area contributed by atoms with Crippen molar-refractivity contribution in [1.29, 1.82) is 0 Å². The van der Waals surface area contributed by atoms with Crippen molar-refractivity contribution in [3.63, 3.8) is 0 Å². The quantitative estimate of drug-likeness (QED) is 0.738. The van der Waals surface area contributed by atoms with E-state index in [2.05, 4.69) is 0 Å². The number of imide groups is 1. The highest BCUT2D eigenvalue weighted by Crippen LogP contribution is 2.25. The van der Waals surface area contributed by atoms with Crippen LogP contribution in [0, 0.1) is 0 Å². The Labute approximate surface area is 150 Å². The fraction of sp³-hybridized carbons (Fsp3) is 0.167. The zero-order chi connectivity index (χ0) is 18.9. The first kappa shape index (κ1) is 17.8. The van der Waals surface area contributed by atoms with Gasteiger partial charge in [0.15, 0.2) is 0 Å². The summed E-state index contributed by atoms with van der Waals surface area (Å²) >= 11 is 0. The van der Waals surface area contributed by atoms with Gasteiger partial charge in [0.25, 0.3) is 11.8 Å². The highest BCUT2D eigenvalue weighted by molar-refractivity contribution is 7.90. The molecule has 1 aliphatic rings. The Hall–Kier alpha value is -3.00. The van der Waals surface area contributed by atoms with Crippen molar-refractivity contribution in [2.45, 2.75) is 5.92 Å². The van der Waals surface area contributed by atoms with Gasteiger partial charge in [-0.15, -0.1) is 0 Å². The minimum absolute atomic E-state index is 0.129. The normalized spacial score (nSPS) is 14.9. The van der Waals surface area contributed by atoms with Crippen molar-refractivity contribution in [3.8, 4) is 0 Å². The Morgan fingerprint density at radius 3 is 1.96 bits per heavy atom. The van der Waals surface area contributed by atoms with E-state index in [0.717, 1.165) is 6.26 Å². The number of sulfone groups is 1. The van der Waals surface area contributed by atoms with E-state index in [1.807, 2.05) is 0 Å². The maximum Gasteiger partial charge on any atom is 0.341 e. The Morgan fingerprint density at radius 1 is 0.962 bits per heavy atom. The van der Waals surface area contributed by atoms with E-state index in [4.69, 9.17) is 4.84 Å². The lowest BCUT2D eigenvalue weighted by molar-refractivity contribution is -0.169. The maximum atomic E-state index is 12.6. The van der Waals surface area contributed by atoms with Gasteiger partial charge in [-0.05, 0) is 17.7 Å². The summed E-state index contributed by atoms with van der Waals surface area (Å²) in [7, 11) is -3.52. The summed E-state index contributed by atoms with van der Waals surface area (Å²) in [4.78, 5) is 42.2. The fourth-order valence-corrected chi connectivity index (χ4v) is 3.63. The van der Waals surface area contributed by atoms with E-state index in [-0.39, 0.29) is 11.1 Å². The molecule has 1 aliphatic heterocycles. The summed E-state index contributed by atoms with van der Waals surface area (Å²) in [5, 5.41) is 0.380. The monoisotopic (exact) mass is 373 g/mol. The Balaban J connectivity index is 1.87. The number of rotatable bonds is 5. The molecule has 2 aromatic rings. The van der Waals surface area contributed by atoms with Crippen molar-refractivity contribution in [2.75, 3.05) is 12.0 Å². The van der Waals surface area contributed by atoms with Gasteiger partial charge in [0.2, 0.25) is 0 Å². The van der Waals surface area contributed by atoms with E-state index in [0.29, 0.717) is 10.6 Å². The number of fused-ring (bicyclic) bond motifs is 1. The van der Waals surface area contributed by atoms with Crippen LogP contribution in [-0.2, 0) is 19.5 Å². The van der Waals surface area contributed by atoms with Crippen molar-refractivity contribution in [1.82, 2.24) is 5.06 Å². The number of hydrogen-bond donors (Lipinski definition) is 0. The molecule has 1 heterocycles. The van der Waals surface area contributed by atoms with E-state index >= 15 is 0 Å². The van der Waals surface area contributed by atoms with Gasteiger partial charge in [-0.1, -0.05) is 47.5 Å². The van der Waals surface area contributed by atoms with Gasteiger partial charge >= 0.3 is 5.97 Å². The van der Waals surface area contributed by atoms with Gasteiger partial charge in [-0.3, -0.25) is 9.59 Å². The molecule has 1 unspecified atom stereocenters. The molecule has 8 heteroatoms. The summed E-state index contributed by atoms with van der Waals surface area (Å²) in [6.07, 6.45) is 0.998. The minimum Gasteiger partial charge on any atom is -0.329 e. The number of carbonyl (C=O) groups excluding carboxylic acids is 3. The predicted molar refractivity (Wildman–Crippen MR) is 91.9 cm³/mol. The molecule has 134 valence electrons. The number of benzene rings is 2. The van der Waals surface area contributed by atoms with Crippen molar-refractivity contribution in [2.24, 2.45) is 0 Å². The van der Waals surface area contributed by atoms with E-state index < -0.39 is 39.3 Å². The van der Waals surface area contributed by atoms with Crippen LogP contribution in [0.2, 0.25) is 0 Å². The summed E-state index contributed by atoms with van der Waals surface area (Å²) < 4.78 is 23.4. The van der Waals surface area contributed by atoms with E-state index in [1.165, 1.54) is 12.1 Å². The van der Waals surface area contributed by atoms with Crippen molar-refractivity contribution >= 4 is 27.6 Å². The Morgan fingerprint density at radius 2 is 1.46 bits per heavy atom. The van der Waals surface area contributed by atoms with Crippen LogP contribution in [-0.4, -0.2) is 43.3 Å². The summed E-state index contributed by atoms with van der Waals surface area (Å²) in [6.45, 7) is 0. The molecule has 2 aromatic carbocycles. The SMILES string of the molecule is CS(=O)(=O)CC(C(=O)ON1C(=O)c2ccccc2C1=O)c1ccccc1. The Bertz CT molecular complexity index is 949. The molecule has 0 N–H and O–H groups in total. The molecule has 1 atom stereocenters. The second-order valence-electron chi connectivity index (χ2n) is 5.92. The van der Waals surface area contributed by atoms with E-state index in [1.54, 1.807) is 42.5 Å². The molecule has 0 radical (unpaired) electrons. The molecule has 0 aliphatic carbocycles. The number of hydrogen-bond acceptors (Lipinski definition) is 6. The lowest BCUT2D eigenvalue weighted by Gasteiger charge is -2.18. The van der Waals surface area contributed by atoms with Crippen LogP contribution in [0.4, 0.5) is 0 Å². The number of nitrogens with zero attached hydrogens (tertiary/aromatic N) is 1. The van der Waals surface area contributed by atoms with Crippen LogP contribution in [0.3, 0.4) is 0 Å². The zero-order valence-electron chi connectivity index (χ0n) is 13.8. The van der Waals surface area contributed by atoms with Gasteiger partial charge in [0.05, 0.1) is 22.8 Å². The molecule has 0 saturated heterocycles. The van der Waals surface area contributed by atoms with Crippen LogP contribution in [0.25, 0.3) is 0 Å². The highest BCUT2D eigenvalue weighted by atomic mass is 32.2. The van der Waals surface area contributed by atoms with E-state index in [9.17, 15) is 22.8 Å². The smallest absolute Gasteiger partial charge is 0.329 e. The first-order valence-electron chi connectivity index (χ1n) is 7.70. The van der Waals surface area contributed by atoms with Gasteiger partial charge in [0, 0.05) is 6.26 Å². The third-order valence-electron chi connectivity index (χ3n) is 3.89. The molecular weight excluding hydrogens is 358 g/mol. The lowest BCUT2D eigenvalue weighted by atomic mass is 10.0. The molecule has 26 heavy (non-hydrogen) atoms. The molecule has 0 fully saturated rings. The molecule has 2 amide bonds. The average molecular weight is 373 g/mol. The largest absolute Gasteiger partial charge is 0.341 e. The summed E-state index contributed by atoms with van der Waals surface area (Å²) in [6, 6.07) is 14.3. The summed E-state index contributed by atoms with van der Waals surface area (Å²) in [5.74, 6) is -4.17. The van der Waals surface area contributed by atoms with Gasteiger partial charge < -0.3 is 4.84 Å². The number of hydroxylamine groups is 2. The average Bonchev–Trinajstić information content (AvgIpc) is 2.85. The van der Waals surface area contributed by atoms with Crippen LogP contribution in [0.5, 0.6) is 0 Å². The second kappa shape index (κ2) is 6.72. The number of carbonyl (C=O) groups is 3. The zero-order valence-corrected chi connectivity index (χ0v) is 14.6. The first-order valence-corrected chi connectivity index (χ1v) is 9.76. The van der Waals surface area contributed by atoms with Crippen molar-refractivity contribution in [3.05, 3.63) is 71.3 Å². The summed E-state index contributed by atoms with van der Waals surface area (Å²) in [5.41, 5.74) is 0.675. The molecule has 0 aromatic heterocycles. The number of amides is 2. The Kier molecular flexibility index (Phi) is 4.60. The molecule has 0 bridgehead atoms. The maximum absolute atomic E-state index is 12.6. The first-order chi connectivity index (χ1) is 12.3. The predicted octanol–water partition coefficient (Wildman–Crippen LogP) is 1.57. The molecule has 0 saturated carbocycles. The van der Waals surface area contributed by atoms with Crippen molar-refractivity contribution < 1.29 is 27.6 Å². The lowest BCUT2D eigenvalue weighted by Crippen LogP contribution is -2.36. The van der Waals surface area contributed by atoms with Gasteiger partial charge in [-0.25, -0.2) is 13.2 Å².